The lowest BCUT2D eigenvalue weighted by molar-refractivity contribution is 0.138. The van der Waals surface area contributed by atoms with E-state index in [0.29, 0.717) is 5.41 Å². The second-order valence-corrected chi connectivity index (χ2v) is 7.76. The van der Waals surface area contributed by atoms with Crippen LogP contribution in [0.1, 0.15) is 47.7 Å². The molecular weight excluding hydrogens is 308 g/mol. The molecule has 0 saturated heterocycles. The third-order valence-electron chi connectivity index (χ3n) is 4.77. The van der Waals surface area contributed by atoms with Crippen LogP contribution in [0.15, 0.2) is 4.99 Å². The van der Waals surface area contributed by atoms with Gasteiger partial charge in [0.15, 0.2) is 5.96 Å². The van der Waals surface area contributed by atoms with E-state index in [0.717, 1.165) is 42.8 Å². The zero-order valence-electron chi connectivity index (χ0n) is 14.9. The van der Waals surface area contributed by atoms with E-state index in [-0.39, 0.29) is 0 Å². The Labute approximate surface area is 144 Å². The molecule has 1 heterocycles. The minimum Gasteiger partial charge on any atom is -0.385 e. The SMILES string of the molecule is CN=C(NCc1sc(C)nc1C)NCC1(CCOC)CCCC1. The molecule has 130 valence electrons. The molecule has 6 heteroatoms. The molecule has 23 heavy (non-hydrogen) atoms. The van der Waals surface area contributed by atoms with Crippen LogP contribution in [0.4, 0.5) is 0 Å². The van der Waals surface area contributed by atoms with Gasteiger partial charge in [-0.1, -0.05) is 12.8 Å². The summed E-state index contributed by atoms with van der Waals surface area (Å²) in [4.78, 5) is 10.1. The molecule has 0 amide bonds. The zero-order valence-corrected chi connectivity index (χ0v) is 15.7. The van der Waals surface area contributed by atoms with Crippen molar-refractivity contribution in [1.82, 2.24) is 15.6 Å². The summed E-state index contributed by atoms with van der Waals surface area (Å²) in [7, 11) is 3.62. The van der Waals surface area contributed by atoms with Gasteiger partial charge in [-0.05, 0) is 38.5 Å². The van der Waals surface area contributed by atoms with Crippen molar-refractivity contribution >= 4 is 17.3 Å². The van der Waals surface area contributed by atoms with E-state index in [2.05, 4.69) is 27.5 Å². The van der Waals surface area contributed by atoms with Gasteiger partial charge in [0.1, 0.15) is 0 Å². The highest BCUT2D eigenvalue weighted by Crippen LogP contribution is 2.40. The van der Waals surface area contributed by atoms with Crippen LogP contribution in [0.3, 0.4) is 0 Å². The average Bonchev–Trinajstić information content (AvgIpc) is 3.13. The highest BCUT2D eigenvalue weighted by molar-refractivity contribution is 7.11. The molecule has 0 radical (unpaired) electrons. The predicted octanol–water partition coefficient (Wildman–Crippen LogP) is 3.02. The van der Waals surface area contributed by atoms with Gasteiger partial charge in [0.25, 0.3) is 0 Å². The Morgan fingerprint density at radius 2 is 2.04 bits per heavy atom. The van der Waals surface area contributed by atoms with Crippen LogP contribution in [-0.2, 0) is 11.3 Å². The third kappa shape index (κ3) is 5.18. The van der Waals surface area contributed by atoms with E-state index in [4.69, 9.17) is 4.74 Å². The maximum Gasteiger partial charge on any atom is 0.191 e. The second kappa shape index (κ2) is 8.64. The Bertz CT molecular complexity index is 521. The van der Waals surface area contributed by atoms with Gasteiger partial charge in [-0.2, -0.15) is 0 Å². The minimum absolute atomic E-state index is 0.366. The first kappa shape index (κ1) is 18.2. The summed E-state index contributed by atoms with van der Waals surface area (Å²) >= 11 is 1.75. The van der Waals surface area contributed by atoms with Gasteiger partial charge in [0.05, 0.1) is 17.2 Å². The lowest BCUT2D eigenvalue weighted by atomic mass is 9.83. The summed E-state index contributed by atoms with van der Waals surface area (Å²) in [6.07, 6.45) is 6.36. The maximum absolute atomic E-state index is 5.30. The van der Waals surface area contributed by atoms with Crippen molar-refractivity contribution in [2.45, 2.75) is 52.5 Å². The molecule has 5 nitrogen and oxygen atoms in total. The Balaban J connectivity index is 1.85. The number of aliphatic imine (C=N–C) groups is 1. The van der Waals surface area contributed by atoms with Crippen molar-refractivity contribution in [2.24, 2.45) is 10.4 Å². The van der Waals surface area contributed by atoms with Gasteiger partial charge in [-0.15, -0.1) is 11.3 Å². The number of aromatic nitrogens is 1. The summed E-state index contributed by atoms with van der Waals surface area (Å²) in [5, 5.41) is 8.06. The quantitative estimate of drug-likeness (QED) is 0.593. The molecule has 0 aromatic carbocycles. The van der Waals surface area contributed by atoms with Gasteiger partial charge >= 0.3 is 0 Å². The number of thiazole rings is 1. The molecule has 1 saturated carbocycles. The van der Waals surface area contributed by atoms with Crippen molar-refractivity contribution in [2.75, 3.05) is 27.3 Å². The van der Waals surface area contributed by atoms with Crippen molar-refractivity contribution in [3.05, 3.63) is 15.6 Å². The van der Waals surface area contributed by atoms with Crippen LogP contribution in [0.5, 0.6) is 0 Å². The molecule has 0 aliphatic heterocycles. The lowest BCUT2D eigenvalue weighted by Crippen LogP contribution is -2.43. The van der Waals surface area contributed by atoms with Crippen LogP contribution in [0, 0.1) is 19.3 Å². The standard InChI is InChI=1S/C17H30N4OS/c1-13-15(23-14(2)21-13)11-19-16(18-3)20-12-17(9-10-22-4)7-5-6-8-17/h5-12H2,1-4H3,(H2,18,19,20). The van der Waals surface area contributed by atoms with E-state index in [1.54, 1.807) is 18.4 Å². The minimum atomic E-state index is 0.366. The monoisotopic (exact) mass is 338 g/mol. The van der Waals surface area contributed by atoms with Crippen LogP contribution in [0.2, 0.25) is 0 Å². The Morgan fingerprint density at radius 3 is 2.61 bits per heavy atom. The summed E-state index contributed by atoms with van der Waals surface area (Å²) in [5.41, 5.74) is 1.48. The number of methoxy groups -OCH3 is 1. The summed E-state index contributed by atoms with van der Waals surface area (Å²) in [5.74, 6) is 0.874. The van der Waals surface area contributed by atoms with E-state index in [1.807, 2.05) is 14.0 Å². The zero-order chi connectivity index (χ0) is 16.7. The van der Waals surface area contributed by atoms with Gasteiger partial charge < -0.3 is 15.4 Å². The van der Waals surface area contributed by atoms with Crippen LogP contribution in [-0.4, -0.2) is 38.3 Å². The highest BCUT2D eigenvalue weighted by atomic mass is 32.1. The van der Waals surface area contributed by atoms with Gasteiger partial charge in [-0.3, -0.25) is 4.99 Å². The fourth-order valence-electron chi connectivity index (χ4n) is 3.35. The molecule has 0 unspecified atom stereocenters. The molecule has 0 atom stereocenters. The van der Waals surface area contributed by atoms with E-state index in [9.17, 15) is 0 Å². The number of rotatable bonds is 7. The highest BCUT2D eigenvalue weighted by Gasteiger charge is 2.33. The van der Waals surface area contributed by atoms with Gasteiger partial charge in [0, 0.05) is 32.2 Å². The largest absolute Gasteiger partial charge is 0.385 e. The smallest absolute Gasteiger partial charge is 0.191 e. The molecule has 1 aromatic rings. The summed E-state index contributed by atoms with van der Waals surface area (Å²) in [6.45, 7) is 6.70. The Hall–Kier alpha value is -1.14. The van der Waals surface area contributed by atoms with Crippen LogP contribution < -0.4 is 10.6 Å². The van der Waals surface area contributed by atoms with Crippen molar-refractivity contribution in [1.29, 1.82) is 0 Å². The molecule has 2 N–H and O–H groups in total. The molecule has 1 aliphatic carbocycles. The molecule has 2 rings (SSSR count). The van der Waals surface area contributed by atoms with E-state index >= 15 is 0 Å². The Kier molecular flexibility index (Phi) is 6.84. The van der Waals surface area contributed by atoms with Crippen molar-refractivity contribution in [3.8, 4) is 0 Å². The number of nitrogens with zero attached hydrogens (tertiary/aromatic N) is 2. The first-order chi connectivity index (χ1) is 11.1. The van der Waals surface area contributed by atoms with Crippen molar-refractivity contribution < 1.29 is 4.74 Å². The molecule has 1 fully saturated rings. The van der Waals surface area contributed by atoms with E-state index < -0.39 is 0 Å². The summed E-state index contributed by atoms with van der Waals surface area (Å²) in [6, 6.07) is 0. The van der Waals surface area contributed by atoms with Crippen LogP contribution in [0.25, 0.3) is 0 Å². The number of guanidine groups is 1. The number of ether oxygens (including phenoxy) is 1. The molecule has 1 aromatic heterocycles. The van der Waals surface area contributed by atoms with Gasteiger partial charge in [-0.25, -0.2) is 4.98 Å². The molecular formula is C17H30N4OS. The second-order valence-electron chi connectivity index (χ2n) is 6.47. The number of aryl methyl sites for hydroxylation is 2. The number of hydrogen-bond donors (Lipinski definition) is 2. The fourth-order valence-corrected chi connectivity index (χ4v) is 4.23. The molecule has 0 spiro atoms. The normalized spacial score (nSPS) is 17.5. The number of hydrogen-bond acceptors (Lipinski definition) is 4. The van der Waals surface area contributed by atoms with Gasteiger partial charge in [0.2, 0.25) is 0 Å². The summed E-state index contributed by atoms with van der Waals surface area (Å²) < 4.78 is 5.30. The number of nitrogens with one attached hydrogen (secondary N) is 2. The van der Waals surface area contributed by atoms with E-state index in [1.165, 1.54) is 30.6 Å². The van der Waals surface area contributed by atoms with Crippen molar-refractivity contribution in [3.63, 3.8) is 0 Å². The average molecular weight is 339 g/mol. The topological polar surface area (TPSA) is 58.5 Å². The fraction of sp³-hybridized carbons (Fsp3) is 0.765. The molecule has 0 bridgehead atoms. The first-order valence-electron chi connectivity index (χ1n) is 8.45. The predicted molar refractivity (Wildman–Crippen MR) is 97.2 cm³/mol. The third-order valence-corrected chi connectivity index (χ3v) is 5.84. The van der Waals surface area contributed by atoms with Crippen LogP contribution >= 0.6 is 11.3 Å². The first-order valence-corrected chi connectivity index (χ1v) is 9.26. The Morgan fingerprint density at radius 1 is 1.30 bits per heavy atom. The molecule has 1 aliphatic rings. The lowest BCUT2D eigenvalue weighted by Gasteiger charge is -2.29. The maximum atomic E-state index is 5.30.